The Balaban J connectivity index is 1.66. The summed E-state index contributed by atoms with van der Waals surface area (Å²) in [7, 11) is 1.57. The lowest BCUT2D eigenvalue weighted by atomic mass is 10.2. The quantitative estimate of drug-likeness (QED) is 0.743. The maximum Gasteiger partial charge on any atom is 0.238 e. The van der Waals surface area contributed by atoms with Gasteiger partial charge in [-0.1, -0.05) is 41.9 Å². The van der Waals surface area contributed by atoms with Crippen LogP contribution in [-0.2, 0) is 16.1 Å². The van der Waals surface area contributed by atoms with Crippen LogP contribution in [0.2, 0.25) is 5.02 Å². The summed E-state index contributed by atoms with van der Waals surface area (Å²) in [6.45, 7) is 2.50. The van der Waals surface area contributed by atoms with E-state index >= 15 is 0 Å². The normalized spacial score (nSPS) is 16.5. The average molecular weight is 389 g/mol. The fourth-order valence-corrected chi connectivity index (χ4v) is 3.45. The molecule has 0 radical (unpaired) electrons. The van der Waals surface area contributed by atoms with Crippen molar-refractivity contribution in [1.82, 2.24) is 4.90 Å². The van der Waals surface area contributed by atoms with Crippen LogP contribution in [-0.4, -0.2) is 43.7 Å². The van der Waals surface area contributed by atoms with E-state index in [1.165, 1.54) is 5.56 Å². The van der Waals surface area contributed by atoms with Gasteiger partial charge in [0, 0.05) is 24.7 Å². The molecule has 2 aromatic rings. The second-order valence-electron chi connectivity index (χ2n) is 6.68. The topological polar surface area (TPSA) is 50.8 Å². The first-order valence-electron chi connectivity index (χ1n) is 9.15. The highest BCUT2D eigenvalue weighted by Crippen LogP contribution is 2.27. The monoisotopic (exact) mass is 388 g/mol. The molecule has 0 bridgehead atoms. The van der Waals surface area contributed by atoms with Crippen molar-refractivity contribution in [2.24, 2.45) is 0 Å². The van der Waals surface area contributed by atoms with Crippen LogP contribution in [0, 0.1) is 0 Å². The highest BCUT2D eigenvalue weighted by Gasteiger charge is 2.21. The van der Waals surface area contributed by atoms with Gasteiger partial charge in [0.1, 0.15) is 5.75 Å². The van der Waals surface area contributed by atoms with Crippen LogP contribution >= 0.6 is 11.6 Å². The third-order valence-corrected chi connectivity index (χ3v) is 4.77. The van der Waals surface area contributed by atoms with Crippen LogP contribution in [0.15, 0.2) is 48.5 Å². The summed E-state index contributed by atoms with van der Waals surface area (Å²) in [5.74, 6) is 0.478. The number of benzene rings is 2. The van der Waals surface area contributed by atoms with Gasteiger partial charge in [-0.15, -0.1) is 0 Å². The molecule has 1 heterocycles. The van der Waals surface area contributed by atoms with E-state index in [9.17, 15) is 4.79 Å². The van der Waals surface area contributed by atoms with E-state index in [0.717, 1.165) is 26.0 Å². The Hall–Kier alpha value is -2.08. The Bertz CT molecular complexity index is 748. The number of methoxy groups -OCH3 is 1. The lowest BCUT2D eigenvalue weighted by molar-refractivity contribution is -0.117. The highest BCUT2D eigenvalue weighted by atomic mass is 35.5. The minimum Gasteiger partial charge on any atom is -0.495 e. The minimum absolute atomic E-state index is 0.107. The first kappa shape index (κ1) is 19.7. The average Bonchev–Trinajstić information content (AvgIpc) is 3.15. The Kier molecular flexibility index (Phi) is 7.10. The van der Waals surface area contributed by atoms with Crippen molar-refractivity contribution in [1.29, 1.82) is 0 Å². The van der Waals surface area contributed by atoms with Crippen molar-refractivity contribution in [3.8, 4) is 5.75 Å². The predicted octanol–water partition coefficient (Wildman–Crippen LogP) is 3.97. The fraction of sp³-hybridized carbons (Fsp3) is 0.381. The number of carbonyl (C=O) groups is 1. The van der Waals surface area contributed by atoms with Gasteiger partial charge in [0.15, 0.2) is 0 Å². The predicted molar refractivity (Wildman–Crippen MR) is 107 cm³/mol. The first-order chi connectivity index (χ1) is 13.1. The summed E-state index contributed by atoms with van der Waals surface area (Å²) in [4.78, 5) is 14.8. The van der Waals surface area contributed by atoms with E-state index in [0.29, 0.717) is 23.0 Å². The molecule has 1 unspecified atom stereocenters. The van der Waals surface area contributed by atoms with Crippen LogP contribution in [0.1, 0.15) is 18.4 Å². The third kappa shape index (κ3) is 5.96. The molecule has 6 heteroatoms. The van der Waals surface area contributed by atoms with Gasteiger partial charge in [0.2, 0.25) is 5.91 Å². The number of amides is 1. The van der Waals surface area contributed by atoms with E-state index in [4.69, 9.17) is 21.1 Å². The van der Waals surface area contributed by atoms with Gasteiger partial charge in [0.25, 0.3) is 0 Å². The molecule has 27 heavy (non-hydrogen) atoms. The molecule has 144 valence electrons. The summed E-state index contributed by atoms with van der Waals surface area (Å²) < 4.78 is 11.1. The maximum absolute atomic E-state index is 12.7. The molecule has 2 aromatic carbocycles. The zero-order chi connectivity index (χ0) is 19.1. The molecule has 1 N–H and O–H groups in total. The summed E-state index contributed by atoms with van der Waals surface area (Å²) in [6.07, 6.45) is 2.30. The second-order valence-corrected chi connectivity index (χ2v) is 7.12. The van der Waals surface area contributed by atoms with E-state index in [1.807, 2.05) is 18.2 Å². The molecule has 1 fully saturated rings. The number of rotatable bonds is 8. The van der Waals surface area contributed by atoms with Crippen molar-refractivity contribution in [3.63, 3.8) is 0 Å². The van der Waals surface area contributed by atoms with Crippen LogP contribution < -0.4 is 10.1 Å². The van der Waals surface area contributed by atoms with Crippen LogP contribution in [0.4, 0.5) is 5.69 Å². The van der Waals surface area contributed by atoms with Gasteiger partial charge in [-0.05, 0) is 36.6 Å². The van der Waals surface area contributed by atoms with Crippen molar-refractivity contribution in [3.05, 3.63) is 59.1 Å². The van der Waals surface area contributed by atoms with E-state index in [1.54, 1.807) is 25.3 Å². The second kappa shape index (κ2) is 9.74. The molecule has 1 aliphatic heterocycles. The minimum atomic E-state index is -0.107. The molecular weight excluding hydrogens is 364 g/mol. The SMILES string of the molecule is COc1ccc(Cl)cc1NC(=O)CN(Cc1ccccc1)CC1CCCO1. The highest BCUT2D eigenvalue weighted by molar-refractivity contribution is 6.31. The first-order valence-corrected chi connectivity index (χ1v) is 9.53. The van der Waals surface area contributed by atoms with Gasteiger partial charge in [-0.3, -0.25) is 9.69 Å². The molecule has 1 saturated heterocycles. The number of carbonyl (C=O) groups excluding carboxylic acids is 1. The number of nitrogens with zero attached hydrogens (tertiary/aromatic N) is 1. The van der Waals surface area contributed by atoms with Gasteiger partial charge in [0.05, 0.1) is 25.4 Å². The zero-order valence-electron chi connectivity index (χ0n) is 15.5. The van der Waals surface area contributed by atoms with Crippen LogP contribution in [0.5, 0.6) is 5.75 Å². The summed E-state index contributed by atoms with van der Waals surface area (Å²) >= 11 is 6.05. The number of ether oxygens (including phenoxy) is 2. The molecule has 0 aromatic heterocycles. The summed E-state index contributed by atoms with van der Waals surface area (Å²) in [6, 6.07) is 15.3. The van der Waals surface area contributed by atoms with Crippen molar-refractivity contribution >= 4 is 23.2 Å². The largest absolute Gasteiger partial charge is 0.495 e. The molecule has 0 saturated carbocycles. The van der Waals surface area contributed by atoms with Gasteiger partial charge in [-0.25, -0.2) is 0 Å². The number of hydrogen-bond donors (Lipinski definition) is 1. The molecule has 1 aliphatic rings. The molecule has 0 spiro atoms. The lowest BCUT2D eigenvalue weighted by Gasteiger charge is -2.25. The third-order valence-electron chi connectivity index (χ3n) is 4.54. The molecule has 1 atom stereocenters. The van der Waals surface area contributed by atoms with E-state index < -0.39 is 0 Å². The number of nitrogens with one attached hydrogen (secondary N) is 1. The van der Waals surface area contributed by atoms with Crippen LogP contribution in [0.25, 0.3) is 0 Å². The van der Waals surface area contributed by atoms with E-state index in [-0.39, 0.29) is 18.6 Å². The fourth-order valence-electron chi connectivity index (χ4n) is 3.27. The Morgan fingerprint density at radius 3 is 2.81 bits per heavy atom. The van der Waals surface area contributed by atoms with Gasteiger partial charge < -0.3 is 14.8 Å². The standard InChI is InChI=1S/C21H25ClN2O3/c1-26-20-10-9-17(22)12-19(20)23-21(25)15-24(14-18-8-5-11-27-18)13-16-6-3-2-4-7-16/h2-4,6-7,9-10,12,18H,5,8,11,13-15H2,1H3,(H,23,25). The molecule has 3 rings (SSSR count). The van der Waals surface area contributed by atoms with E-state index in [2.05, 4.69) is 22.3 Å². The van der Waals surface area contributed by atoms with Crippen molar-refractivity contribution < 1.29 is 14.3 Å². The zero-order valence-corrected chi connectivity index (χ0v) is 16.2. The Morgan fingerprint density at radius 2 is 2.11 bits per heavy atom. The van der Waals surface area contributed by atoms with Crippen molar-refractivity contribution in [2.45, 2.75) is 25.5 Å². The van der Waals surface area contributed by atoms with Crippen molar-refractivity contribution in [2.75, 3.05) is 32.1 Å². The van der Waals surface area contributed by atoms with Gasteiger partial charge >= 0.3 is 0 Å². The van der Waals surface area contributed by atoms with Gasteiger partial charge in [-0.2, -0.15) is 0 Å². The molecule has 1 amide bonds. The van der Waals surface area contributed by atoms with Crippen LogP contribution in [0.3, 0.4) is 0 Å². The Labute approximate surface area is 165 Å². The molecule has 5 nitrogen and oxygen atoms in total. The maximum atomic E-state index is 12.7. The smallest absolute Gasteiger partial charge is 0.238 e. The summed E-state index contributed by atoms with van der Waals surface area (Å²) in [5.41, 5.74) is 1.75. The number of anilines is 1. The molecular formula is C21H25ClN2O3. The number of hydrogen-bond acceptors (Lipinski definition) is 4. The summed E-state index contributed by atoms with van der Waals surface area (Å²) in [5, 5.41) is 3.46. The Morgan fingerprint density at radius 1 is 1.30 bits per heavy atom. The number of halogens is 1. The lowest BCUT2D eigenvalue weighted by Crippen LogP contribution is -2.38. The molecule has 0 aliphatic carbocycles.